The molecule has 1 saturated carbocycles. The van der Waals surface area contributed by atoms with Crippen LogP contribution in [0.2, 0.25) is 0 Å². The van der Waals surface area contributed by atoms with Gasteiger partial charge in [0.15, 0.2) is 23.0 Å². The second-order valence-corrected chi connectivity index (χ2v) is 11.3. The van der Waals surface area contributed by atoms with E-state index in [-0.39, 0.29) is 31.0 Å². The van der Waals surface area contributed by atoms with E-state index in [1.54, 1.807) is 23.1 Å². The lowest BCUT2D eigenvalue weighted by Gasteiger charge is -2.36. The minimum atomic E-state index is -0.997. The fourth-order valence-electron chi connectivity index (χ4n) is 6.07. The van der Waals surface area contributed by atoms with Crippen LogP contribution in [0.4, 0.5) is 0 Å². The lowest BCUT2D eigenvalue weighted by molar-refractivity contribution is -0.148. The van der Waals surface area contributed by atoms with Crippen molar-refractivity contribution >= 4 is 11.8 Å². The predicted octanol–water partition coefficient (Wildman–Crippen LogP) is 5.42. The maximum Gasteiger partial charge on any atom is 0.268 e. The Morgan fingerprint density at radius 2 is 1.61 bits per heavy atom. The maximum absolute atomic E-state index is 14.5. The number of amides is 2. The molecule has 1 aliphatic carbocycles. The number of fused-ring (bicyclic) bond motifs is 1. The van der Waals surface area contributed by atoms with E-state index >= 15 is 0 Å². The highest BCUT2D eigenvalue weighted by atomic mass is 16.6. The van der Waals surface area contributed by atoms with Crippen LogP contribution in [0.3, 0.4) is 0 Å². The summed E-state index contributed by atoms with van der Waals surface area (Å²) in [7, 11) is 4.59. The van der Waals surface area contributed by atoms with Crippen LogP contribution in [0.25, 0.3) is 0 Å². The number of nitrogens with one attached hydrogen (secondary N) is 1. The van der Waals surface area contributed by atoms with E-state index in [4.69, 9.17) is 23.7 Å². The van der Waals surface area contributed by atoms with E-state index in [2.05, 4.69) is 11.4 Å². The smallest absolute Gasteiger partial charge is 0.268 e. The third kappa shape index (κ3) is 7.04. The zero-order valence-electron chi connectivity index (χ0n) is 26.0. The van der Waals surface area contributed by atoms with Crippen LogP contribution >= 0.6 is 0 Å². The van der Waals surface area contributed by atoms with E-state index in [1.165, 1.54) is 21.3 Å². The van der Waals surface area contributed by atoms with Gasteiger partial charge in [-0.25, -0.2) is 0 Å². The number of rotatable bonds is 11. The number of methoxy groups -OCH3 is 3. The molecule has 0 radical (unpaired) electrons. The molecule has 9 heteroatoms. The Kier molecular flexibility index (Phi) is 10.1. The molecular formula is C35H42N2O7. The molecule has 1 fully saturated rings. The van der Waals surface area contributed by atoms with Crippen molar-refractivity contribution in [2.24, 2.45) is 0 Å². The molecule has 3 aromatic rings. The Morgan fingerprint density at radius 1 is 0.909 bits per heavy atom. The quantitative estimate of drug-likeness (QED) is 0.313. The molecule has 3 aromatic carbocycles. The monoisotopic (exact) mass is 602 g/mol. The normalized spacial score (nSPS) is 16.9. The number of hydrogen-bond acceptors (Lipinski definition) is 7. The van der Waals surface area contributed by atoms with Crippen molar-refractivity contribution in [3.05, 3.63) is 77.4 Å². The first-order valence-electron chi connectivity index (χ1n) is 15.3. The van der Waals surface area contributed by atoms with Crippen molar-refractivity contribution in [2.75, 3.05) is 34.5 Å². The molecule has 5 rings (SSSR count). The molecule has 2 amide bonds. The minimum Gasteiger partial charge on any atom is -0.493 e. The standard InChI is InChI=1S/C35H42N2O7/c1-23-11-10-12-24(19-23)17-18-37(35(39)31-22-43-27-15-8-9-16-28(27)44-31)32(34(38)36-26-13-6-5-7-14-26)25-20-29(40-2)33(42-4)30(21-25)41-3/h8-12,15-16,19-21,26,31-32H,5-7,13-14,17-18,22H2,1-4H3,(H,36,38)/t31-,32-/m0/s1. The number of ether oxygens (including phenoxy) is 5. The molecule has 0 spiro atoms. The van der Waals surface area contributed by atoms with Crippen LogP contribution in [-0.4, -0.2) is 63.3 Å². The van der Waals surface area contributed by atoms with Crippen LogP contribution < -0.4 is 29.0 Å². The highest BCUT2D eigenvalue weighted by Gasteiger charge is 2.39. The van der Waals surface area contributed by atoms with Crippen molar-refractivity contribution < 1.29 is 33.3 Å². The number of nitrogens with zero attached hydrogens (tertiary/aromatic N) is 1. The number of carbonyl (C=O) groups excluding carboxylic acids is 2. The average molecular weight is 603 g/mol. The van der Waals surface area contributed by atoms with Crippen LogP contribution in [0.5, 0.6) is 28.7 Å². The Labute approximate surface area is 259 Å². The number of hydrogen-bond donors (Lipinski definition) is 1. The molecule has 1 aliphatic heterocycles. The second kappa shape index (κ2) is 14.4. The molecule has 44 heavy (non-hydrogen) atoms. The highest BCUT2D eigenvalue weighted by molar-refractivity contribution is 5.91. The molecule has 2 aliphatic rings. The topological polar surface area (TPSA) is 95.6 Å². The zero-order chi connectivity index (χ0) is 31.1. The lowest BCUT2D eigenvalue weighted by Crippen LogP contribution is -2.53. The summed E-state index contributed by atoms with van der Waals surface area (Å²) < 4.78 is 29.0. The van der Waals surface area contributed by atoms with Gasteiger partial charge in [-0.2, -0.15) is 0 Å². The molecule has 0 bridgehead atoms. The second-order valence-electron chi connectivity index (χ2n) is 11.3. The summed E-state index contributed by atoms with van der Waals surface area (Å²) in [5.74, 6) is 1.67. The van der Waals surface area contributed by atoms with Crippen molar-refractivity contribution in [3.8, 4) is 28.7 Å². The summed E-state index contributed by atoms with van der Waals surface area (Å²) in [6.07, 6.45) is 4.68. The van der Waals surface area contributed by atoms with E-state index in [9.17, 15) is 9.59 Å². The van der Waals surface area contributed by atoms with Gasteiger partial charge < -0.3 is 33.9 Å². The molecule has 234 valence electrons. The molecule has 1 heterocycles. The van der Waals surface area contributed by atoms with Gasteiger partial charge in [-0.3, -0.25) is 9.59 Å². The van der Waals surface area contributed by atoms with Gasteiger partial charge in [0.25, 0.3) is 5.91 Å². The molecule has 0 aromatic heterocycles. The molecule has 2 atom stereocenters. The first-order valence-corrected chi connectivity index (χ1v) is 15.3. The molecule has 9 nitrogen and oxygen atoms in total. The van der Waals surface area contributed by atoms with Gasteiger partial charge in [0.2, 0.25) is 17.8 Å². The van der Waals surface area contributed by atoms with E-state index in [0.29, 0.717) is 40.7 Å². The SMILES string of the molecule is COc1cc([C@@H](C(=O)NC2CCCCC2)N(CCc2cccc(C)c2)C(=O)[C@@H]2COc3ccccc3O2)cc(OC)c1OC. The summed E-state index contributed by atoms with van der Waals surface area (Å²) >= 11 is 0. The number of benzene rings is 3. The highest BCUT2D eigenvalue weighted by Crippen LogP contribution is 2.41. The molecule has 0 unspecified atom stereocenters. The van der Waals surface area contributed by atoms with Gasteiger partial charge in [0.1, 0.15) is 12.6 Å². The summed E-state index contributed by atoms with van der Waals surface area (Å²) in [4.78, 5) is 30.5. The van der Waals surface area contributed by atoms with Crippen molar-refractivity contribution in [1.29, 1.82) is 0 Å². The first-order chi connectivity index (χ1) is 21.4. The van der Waals surface area contributed by atoms with Crippen LogP contribution in [0.1, 0.15) is 54.8 Å². The Bertz CT molecular complexity index is 1430. The fraction of sp³-hybridized carbons (Fsp3) is 0.429. The summed E-state index contributed by atoms with van der Waals surface area (Å²) in [6, 6.07) is 18.0. The van der Waals surface area contributed by atoms with Crippen LogP contribution in [-0.2, 0) is 16.0 Å². The minimum absolute atomic E-state index is 0.0308. The van der Waals surface area contributed by atoms with Gasteiger partial charge in [-0.15, -0.1) is 0 Å². The van der Waals surface area contributed by atoms with E-state index in [1.807, 2.05) is 43.3 Å². The van der Waals surface area contributed by atoms with E-state index < -0.39 is 12.1 Å². The van der Waals surface area contributed by atoms with Crippen LogP contribution in [0.15, 0.2) is 60.7 Å². The third-order valence-electron chi connectivity index (χ3n) is 8.31. The van der Waals surface area contributed by atoms with E-state index in [0.717, 1.165) is 43.2 Å². The number of para-hydroxylation sites is 2. The Balaban J connectivity index is 1.56. The van der Waals surface area contributed by atoms with Gasteiger partial charge in [-0.1, -0.05) is 61.2 Å². The van der Waals surface area contributed by atoms with Gasteiger partial charge in [0, 0.05) is 12.6 Å². The summed E-state index contributed by atoms with van der Waals surface area (Å²) in [5.41, 5.74) is 2.73. The first kappa shape index (κ1) is 31.0. The number of aryl methyl sites for hydroxylation is 1. The zero-order valence-corrected chi connectivity index (χ0v) is 26.0. The fourth-order valence-corrected chi connectivity index (χ4v) is 6.07. The predicted molar refractivity (Wildman–Crippen MR) is 167 cm³/mol. The largest absolute Gasteiger partial charge is 0.493 e. The summed E-state index contributed by atoms with van der Waals surface area (Å²) in [6.45, 7) is 2.33. The Hall–Kier alpha value is -4.40. The third-order valence-corrected chi connectivity index (χ3v) is 8.31. The average Bonchev–Trinajstić information content (AvgIpc) is 3.05. The van der Waals surface area contributed by atoms with Gasteiger partial charge in [-0.05, 0) is 61.6 Å². The van der Waals surface area contributed by atoms with Crippen LogP contribution in [0, 0.1) is 6.92 Å². The van der Waals surface area contributed by atoms with Crippen molar-refractivity contribution in [2.45, 2.75) is 63.6 Å². The maximum atomic E-state index is 14.5. The molecule has 1 N–H and O–H groups in total. The lowest BCUT2D eigenvalue weighted by atomic mass is 9.94. The number of carbonyl (C=O) groups is 2. The molecular weight excluding hydrogens is 560 g/mol. The van der Waals surface area contributed by atoms with Crippen molar-refractivity contribution in [3.63, 3.8) is 0 Å². The molecule has 0 saturated heterocycles. The Morgan fingerprint density at radius 3 is 2.27 bits per heavy atom. The van der Waals surface area contributed by atoms with Gasteiger partial charge in [0.05, 0.1) is 21.3 Å². The summed E-state index contributed by atoms with van der Waals surface area (Å²) in [5, 5.41) is 3.26. The van der Waals surface area contributed by atoms with Gasteiger partial charge >= 0.3 is 0 Å². The van der Waals surface area contributed by atoms with Crippen molar-refractivity contribution in [1.82, 2.24) is 10.2 Å².